The summed E-state index contributed by atoms with van der Waals surface area (Å²) < 4.78 is 0. The summed E-state index contributed by atoms with van der Waals surface area (Å²) in [6.07, 6.45) is 6.99. The summed E-state index contributed by atoms with van der Waals surface area (Å²) in [6.45, 7) is 15.3. The molecule has 1 nitrogen and oxygen atoms in total. The van der Waals surface area contributed by atoms with Crippen molar-refractivity contribution in [3.63, 3.8) is 0 Å². The Morgan fingerprint density at radius 1 is 0.882 bits per heavy atom. The largest absolute Gasteiger partial charge is 0.313 e. The highest BCUT2D eigenvalue weighted by Crippen LogP contribution is 2.36. The monoisotopic (exact) mass is 239 g/mol. The lowest BCUT2D eigenvalue weighted by Crippen LogP contribution is -2.35. The summed E-state index contributed by atoms with van der Waals surface area (Å²) in [5, 5.41) is 3.77. The zero-order chi connectivity index (χ0) is 13.1. The fraction of sp³-hybridized carbons (Fsp3) is 1.00. The first-order valence-electron chi connectivity index (χ1n) is 7.42. The molecule has 2 atom stereocenters. The fourth-order valence-electron chi connectivity index (χ4n) is 2.82. The molecule has 1 fully saturated rings. The minimum atomic E-state index is 0.412. The summed E-state index contributed by atoms with van der Waals surface area (Å²) in [5.74, 6) is 0.920. The predicted molar refractivity (Wildman–Crippen MR) is 77.3 cm³/mol. The molecular weight excluding hydrogens is 206 g/mol. The van der Waals surface area contributed by atoms with Gasteiger partial charge in [-0.15, -0.1) is 0 Å². The van der Waals surface area contributed by atoms with Crippen molar-refractivity contribution in [2.24, 2.45) is 16.7 Å². The maximum Gasteiger partial charge on any atom is 0.00673 e. The van der Waals surface area contributed by atoms with Crippen LogP contribution in [0.4, 0.5) is 0 Å². The van der Waals surface area contributed by atoms with Crippen molar-refractivity contribution in [1.29, 1.82) is 0 Å². The van der Waals surface area contributed by atoms with Crippen molar-refractivity contribution in [3.8, 4) is 0 Å². The first-order valence-corrected chi connectivity index (χ1v) is 7.42. The van der Waals surface area contributed by atoms with E-state index in [4.69, 9.17) is 0 Å². The van der Waals surface area contributed by atoms with Gasteiger partial charge < -0.3 is 5.32 Å². The first kappa shape index (κ1) is 15.0. The van der Waals surface area contributed by atoms with E-state index < -0.39 is 0 Å². The van der Waals surface area contributed by atoms with Crippen LogP contribution in [0.5, 0.6) is 0 Å². The van der Waals surface area contributed by atoms with Gasteiger partial charge in [-0.2, -0.15) is 0 Å². The van der Waals surface area contributed by atoms with E-state index in [2.05, 4.69) is 46.9 Å². The van der Waals surface area contributed by atoms with E-state index in [1.54, 1.807) is 0 Å². The molecule has 0 bridgehead atoms. The average molecular weight is 239 g/mol. The topological polar surface area (TPSA) is 12.0 Å². The number of hydrogen-bond acceptors (Lipinski definition) is 1. The Morgan fingerprint density at radius 3 is 2.06 bits per heavy atom. The maximum atomic E-state index is 3.77. The molecule has 1 aliphatic rings. The Bertz CT molecular complexity index is 219. The van der Waals surface area contributed by atoms with Gasteiger partial charge in [0.15, 0.2) is 0 Å². The molecular formula is C16H33N. The van der Waals surface area contributed by atoms with E-state index in [0.29, 0.717) is 10.8 Å². The summed E-state index contributed by atoms with van der Waals surface area (Å²) in [5.41, 5.74) is 0.911. The normalized spacial score (nSPS) is 27.9. The Morgan fingerprint density at radius 2 is 1.53 bits per heavy atom. The van der Waals surface area contributed by atoms with Gasteiger partial charge in [0.25, 0.3) is 0 Å². The molecule has 0 radical (unpaired) electrons. The van der Waals surface area contributed by atoms with Crippen LogP contribution < -0.4 is 5.32 Å². The van der Waals surface area contributed by atoms with Crippen LogP contribution in [-0.4, -0.2) is 12.6 Å². The van der Waals surface area contributed by atoms with E-state index in [1.807, 2.05) is 0 Å². The zero-order valence-electron chi connectivity index (χ0n) is 12.9. The molecule has 0 aromatic heterocycles. The second kappa shape index (κ2) is 5.73. The predicted octanol–water partition coefficient (Wildman–Crippen LogP) is 4.62. The van der Waals surface area contributed by atoms with Gasteiger partial charge in [-0.1, -0.05) is 48.0 Å². The minimum Gasteiger partial charge on any atom is -0.313 e. The van der Waals surface area contributed by atoms with Gasteiger partial charge in [-0.05, 0) is 42.4 Å². The summed E-state index contributed by atoms with van der Waals surface area (Å²) in [7, 11) is 0. The SMILES string of the molecule is CC(C)(C)CNC1CCCC(C(C)(C)C)CC1. The summed E-state index contributed by atoms with van der Waals surface area (Å²) in [4.78, 5) is 0. The van der Waals surface area contributed by atoms with Crippen molar-refractivity contribution in [3.05, 3.63) is 0 Å². The lowest BCUT2D eigenvalue weighted by Gasteiger charge is -2.30. The Labute approximate surface area is 109 Å². The molecule has 0 aromatic carbocycles. The summed E-state index contributed by atoms with van der Waals surface area (Å²) in [6, 6.07) is 0.765. The van der Waals surface area contributed by atoms with Crippen molar-refractivity contribution in [1.82, 2.24) is 5.32 Å². The average Bonchev–Trinajstić information content (AvgIpc) is 2.37. The van der Waals surface area contributed by atoms with Crippen molar-refractivity contribution >= 4 is 0 Å². The van der Waals surface area contributed by atoms with Crippen molar-refractivity contribution in [2.75, 3.05) is 6.54 Å². The molecule has 1 aliphatic carbocycles. The van der Waals surface area contributed by atoms with Crippen LogP contribution in [0.25, 0.3) is 0 Å². The van der Waals surface area contributed by atoms with Gasteiger partial charge in [0, 0.05) is 12.6 Å². The lowest BCUT2D eigenvalue weighted by atomic mass is 9.76. The third kappa shape index (κ3) is 5.90. The molecule has 0 amide bonds. The van der Waals surface area contributed by atoms with Gasteiger partial charge in [0.1, 0.15) is 0 Å². The minimum absolute atomic E-state index is 0.412. The second-order valence-corrected chi connectivity index (χ2v) is 8.21. The molecule has 0 spiro atoms. The number of hydrogen-bond donors (Lipinski definition) is 1. The molecule has 2 unspecified atom stereocenters. The number of nitrogens with one attached hydrogen (secondary N) is 1. The van der Waals surface area contributed by atoms with Gasteiger partial charge in [-0.25, -0.2) is 0 Å². The first-order chi connectivity index (χ1) is 7.68. The smallest absolute Gasteiger partial charge is 0.00673 e. The van der Waals surface area contributed by atoms with Crippen molar-refractivity contribution < 1.29 is 0 Å². The van der Waals surface area contributed by atoms with Crippen LogP contribution in [0.15, 0.2) is 0 Å². The van der Waals surface area contributed by atoms with Crippen LogP contribution in [0.2, 0.25) is 0 Å². The van der Waals surface area contributed by atoms with Crippen LogP contribution in [0, 0.1) is 16.7 Å². The molecule has 0 heterocycles. The fourth-order valence-corrected chi connectivity index (χ4v) is 2.82. The van der Waals surface area contributed by atoms with E-state index >= 15 is 0 Å². The van der Waals surface area contributed by atoms with E-state index in [0.717, 1.165) is 18.5 Å². The molecule has 0 aromatic rings. The second-order valence-electron chi connectivity index (χ2n) is 8.21. The molecule has 0 saturated heterocycles. The Hall–Kier alpha value is -0.0400. The zero-order valence-corrected chi connectivity index (χ0v) is 12.9. The van der Waals surface area contributed by atoms with Gasteiger partial charge in [0.2, 0.25) is 0 Å². The third-order valence-corrected chi connectivity index (χ3v) is 4.11. The van der Waals surface area contributed by atoms with Crippen LogP contribution in [0.1, 0.15) is 73.6 Å². The molecule has 102 valence electrons. The lowest BCUT2D eigenvalue weighted by molar-refractivity contribution is 0.213. The van der Waals surface area contributed by atoms with Crippen molar-refractivity contribution in [2.45, 2.75) is 79.7 Å². The molecule has 17 heavy (non-hydrogen) atoms. The Kier molecular flexibility index (Phi) is 5.07. The van der Waals surface area contributed by atoms with Crippen LogP contribution in [-0.2, 0) is 0 Å². The summed E-state index contributed by atoms with van der Waals surface area (Å²) >= 11 is 0. The van der Waals surface area contributed by atoms with Gasteiger partial charge in [-0.3, -0.25) is 0 Å². The van der Waals surface area contributed by atoms with Gasteiger partial charge >= 0.3 is 0 Å². The highest BCUT2D eigenvalue weighted by Gasteiger charge is 2.27. The highest BCUT2D eigenvalue weighted by molar-refractivity contribution is 4.82. The Balaban J connectivity index is 2.38. The number of rotatable bonds is 2. The third-order valence-electron chi connectivity index (χ3n) is 4.11. The molecule has 1 saturated carbocycles. The van der Waals surface area contributed by atoms with Crippen LogP contribution in [0.3, 0.4) is 0 Å². The highest BCUT2D eigenvalue weighted by atomic mass is 14.9. The molecule has 1 rings (SSSR count). The molecule has 0 aliphatic heterocycles. The van der Waals surface area contributed by atoms with E-state index in [9.17, 15) is 0 Å². The quantitative estimate of drug-likeness (QED) is 0.694. The molecule has 1 heteroatoms. The van der Waals surface area contributed by atoms with E-state index in [1.165, 1.54) is 32.1 Å². The van der Waals surface area contributed by atoms with Crippen LogP contribution >= 0.6 is 0 Å². The maximum absolute atomic E-state index is 3.77. The standard InChI is InChI=1S/C16H33N/c1-15(2,3)12-17-14-9-7-8-13(10-11-14)16(4,5)6/h13-14,17H,7-12H2,1-6H3. The van der Waals surface area contributed by atoms with Gasteiger partial charge in [0.05, 0.1) is 0 Å². The van der Waals surface area contributed by atoms with E-state index in [-0.39, 0.29) is 0 Å². The molecule has 1 N–H and O–H groups in total.